The van der Waals surface area contributed by atoms with Crippen LogP contribution in [0.2, 0.25) is 0 Å². The normalized spacial score (nSPS) is 13.6. The van der Waals surface area contributed by atoms with Crippen LogP contribution in [0, 0.1) is 0 Å². The molecule has 112 valence electrons. The second kappa shape index (κ2) is 5.97. The minimum Gasteiger partial charge on any atom is -0.356 e. The number of nitrogens with zero attached hydrogens (tertiary/aromatic N) is 1. The van der Waals surface area contributed by atoms with E-state index in [9.17, 15) is 9.59 Å². The molecule has 6 heteroatoms. The molecule has 2 aromatic heterocycles. The summed E-state index contributed by atoms with van der Waals surface area (Å²) in [6, 6.07) is 0. The molecule has 0 aromatic carbocycles. The van der Waals surface area contributed by atoms with Gasteiger partial charge in [0, 0.05) is 24.3 Å². The predicted octanol–water partition coefficient (Wildman–Crippen LogP) is 1.93. The van der Waals surface area contributed by atoms with Crippen molar-refractivity contribution in [3.05, 3.63) is 26.6 Å². The van der Waals surface area contributed by atoms with Crippen LogP contribution < -0.4 is 10.9 Å². The highest BCUT2D eigenvalue weighted by atomic mass is 32.1. The maximum Gasteiger partial charge on any atom is 0.259 e. The lowest BCUT2D eigenvalue weighted by Gasteiger charge is -2.03. The summed E-state index contributed by atoms with van der Waals surface area (Å²) in [6.07, 6.45) is 4.94. The zero-order chi connectivity index (χ0) is 14.8. The summed E-state index contributed by atoms with van der Waals surface area (Å²) < 4.78 is 0. The first-order chi connectivity index (χ1) is 10.2. The van der Waals surface area contributed by atoms with Gasteiger partial charge in [0.05, 0.1) is 5.39 Å². The number of amides is 1. The zero-order valence-corrected chi connectivity index (χ0v) is 12.9. The zero-order valence-electron chi connectivity index (χ0n) is 12.1. The molecule has 0 aliphatic heterocycles. The number of hydrogen-bond acceptors (Lipinski definition) is 4. The first kappa shape index (κ1) is 14.3. The Morgan fingerprint density at radius 2 is 2.29 bits per heavy atom. The van der Waals surface area contributed by atoms with Crippen molar-refractivity contribution in [3.63, 3.8) is 0 Å². The van der Waals surface area contributed by atoms with E-state index >= 15 is 0 Å². The lowest BCUT2D eigenvalue weighted by molar-refractivity contribution is -0.121. The van der Waals surface area contributed by atoms with Crippen molar-refractivity contribution >= 4 is 27.5 Å². The largest absolute Gasteiger partial charge is 0.356 e. The van der Waals surface area contributed by atoms with Gasteiger partial charge >= 0.3 is 0 Å². The van der Waals surface area contributed by atoms with Gasteiger partial charge in [0.2, 0.25) is 5.91 Å². The molecule has 2 aromatic rings. The summed E-state index contributed by atoms with van der Waals surface area (Å²) in [5, 5.41) is 3.60. The van der Waals surface area contributed by atoms with Crippen LogP contribution in [0.3, 0.4) is 0 Å². The summed E-state index contributed by atoms with van der Waals surface area (Å²) in [4.78, 5) is 33.4. The van der Waals surface area contributed by atoms with Crippen molar-refractivity contribution in [1.29, 1.82) is 0 Å². The van der Waals surface area contributed by atoms with E-state index in [0.717, 1.165) is 35.9 Å². The number of aryl methyl sites for hydroxylation is 3. The molecule has 0 atom stereocenters. The van der Waals surface area contributed by atoms with Crippen LogP contribution in [-0.4, -0.2) is 22.4 Å². The SMILES string of the molecule is CCCNC(=O)CCc1nc2sc3c(c2c(=O)[nH]1)CCC3. The van der Waals surface area contributed by atoms with E-state index < -0.39 is 0 Å². The van der Waals surface area contributed by atoms with Crippen LogP contribution in [0.25, 0.3) is 10.2 Å². The Bertz CT molecular complexity index is 732. The number of H-pyrrole nitrogens is 1. The number of carbonyl (C=O) groups excluding carboxylic acids is 1. The smallest absolute Gasteiger partial charge is 0.259 e. The number of fused-ring (bicyclic) bond motifs is 3. The van der Waals surface area contributed by atoms with Gasteiger partial charge in [-0.1, -0.05) is 6.92 Å². The third kappa shape index (κ3) is 2.85. The molecule has 0 spiro atoms. The lowest BCUT2D eigenvalue weighted by atomic mass is 10.2. The fraction of sp³-hybridized carbons (Fsp3) is 0.533. The van der Waals surface area contributed by atoms with Gasteiger partial charge in [-0.3, -0.25) is 9.59 Å². The Balaban J connectivity index is 1.78. The van der Waals surface area contributed by atoms with Gasteiger partial charge in [0.15, 0.2) is 0 Å². The second-order valence-electron chi connectivity index (χ2n) is 5.40. The van der Waals surface area contributed by atoms with E-state index in [4.69, 9.17) is 0 Å². The topological polar surface area (TPSA) is 74.8 Å². The van der Waals surface area contributed by atoms with Crippen molar-refractivity contribution in [2.75, 3.05) is 6.54 Å². The maximum absolute atomic E-state index is 12.2. The van der Waals surface area contributed by atoms with E-state index in [-0.39, 0.29) is 11.5 Å². The van der Waals surface area contributed by atoms with Gasteiger partial charge in [-0.15, -0.1) is 11.3 Å². The maximum atomic E-state index is 12.2. The molecule has 0 saturated carbocycles. The second-order valence-corrected chi connectivity index (χ2v) is 6.48. The summed E-state index contributed by atoms with van der Waals surface area (Å²) >= 11 is 1.63. The molecular formula is C15H19N3O2S. The Kier molecular flexibility index (Phi) is 4.05. The van der Waals surface area contributed by atoms with Crippen molar-refractivity contribution in [3.8, 4) is 0 Å². The molecule has 1 aliphatic rings. The number of aromatic amines is 1. The third-order valence-corrected chi connectivity index (χ3v) is 4.97. The van der Waals surface area contributed by atoms with Gasteiger partial charge in [0.1, 0.15) is 10.7 Å². The van der Waals surface area contributed by atoms with Crippen LogP contribution in [0.5, 0.6) is 0 Å². The molecular weight excluding hydrogens is 286 g/mol. The van der Waals surface area contributed by atoms with Crippen LogP contribution in [-0.2, 0) is 24.1 Å². The molecule has 0 radical (unpaired) electrons. The number of aromatic nitrogens is 2. The molecule has 0 saturated heterocycles. The monoisotopic (exact) mass is 305 g/mol. The van der Waals surface area contributed by atoms with Crippen LogP contribution in [0.15, 0.2) is 4.79 Å². The average Bonchev–Trinajstić information content (AvgIpc) is 3.02. The van der Waals surface area contributed by atoms with E-state index in [1.807, 2.05) is 6.92 Å². The minimum atomic E-state index is -0.0524. The fourth-order valence-electron chi connectivity index (χ4n) is 2.75. The predicted molar refractivity (Wildman–Crippen MR) is 83.9 cm³/mol. The molecule has 0 bridgehead atoms. The molecule has 2 heterocycles. The summed E-state index contributed by atoms with van der Waals surface area (Å²) in [6.45, 7) is 2.71. The molecule has 1 amide bonds. The van der Waals surface area contributed by atoms with E-state index in [1.54, 1.807) is 11.3 Å². The lowest BCUT2D eigenvalue weighted by Crippen LogP contribution is -2.24. The van der Waals surface area contributed by atoms with E-state index in [2.05, 4.69) is 15.3 Å². The van der Waals surface area contributed by atoms with Crippen molar-refractivity contribution in [2.24, 2.45) is 0 Å². The summed E-state index contributed by atoms with van der Waals surface area (Å²) in [5.74, 6) is 0.618. The van der Waals surface area contributed by atoms with Crippen LogP contribution in [0.1, 0.15) is 42.5 Å². The quantitative estimate of drug-likeness (QED) is 0.886. The third-order valence-electron chi connectivity index (χ3n) is 3.79. The highest BCUT2D eigenvalue weighted by Crippen LogP contribution is 2.34. The van der Waals surface area contributed by atoms with Gasteiger partial charge in [0.25, 0.3) is 5.56 Å². The molecule has 5 nitrogen and oxygen atoms in total. The Morgan fingerprint density at radius 3 is 3.10 bits per heavy atom. The average molecular weight is 305 g/mol. The molecule has 3 rings (SSSR count). The van der Waals surface area contributed by atoms with Crippen LogP contribution in [0.4, 0.5) is 0 Å². The van der Waals surface area contributed by atoms with E-state index in [1.165, 1.54) is 10.4 Å². The molecule has 1 aliphatic carbocycles. The number of rotatable bonds is 5. The first-order valence-corrected chi connectivity index (χ1v) is 8.31. The first-order valence-electron chi connectivity index (χ1n) is 7.49. The van der Waals surface area contributed by atoms with Crippen molar-refractivity contribution in [1.82, 2.24) is 15.3 Å². The minimum absolute atomic E-state index is 0.00766. The fourth-order valence-corrected chi connectivity index (χ4v) is 4.03. The number of thiophene rings is 1. The number of nitrogens with one attached hydrogen (secondary N) is 2. The van der Waals surface area contributed by atoms with Gasteiger partial charge in [-0.25, -0.2) is 4.98 Å². The Morgan fingerprint density at radius 1 is 1.43 bits per heavy atom. The molecule has 2 N–H and O–H groups in total. The van der Waals surface area contributed by atoms with Crippen molar-refractivity contribution in [2.45, 2.75) is 45.4 Å². The Hall–Kier alpha value is -1.69. The van der Waals surface area contributed by atoms with Gasteiger partial charge in [-0.05, 0) is 31.2 Å². The Labute approximate surface area is 126 Å². The highest BCUT2D eigenvalue weighted by molar-refractivity contribution is 7.18. The summed E-state index contributed by atoms with van der Waals surface area (Å²) in [5.41, 5.74) is 1.14. The highest BCUT2D eigenvalue weighted by Gasteiger charge is 2.21. The number of hydrogen-bond donors (Lipinski definition) is 2. The van der Waals surface area contributed by atoms with Gasteiger partial charge < -0.3 is 10.3 Å². The van der Waals surface area contributed by atoms with Gasteiger partial charge in [-0.2, -0.15) is 0 Å². The molecule has 0 fully saturated rings. The summed E-state index contributed by atoms with van der Waals surface area (Å²) in [7, 11) is 0. The standard InChI is InChI=1S/C15H19N3O2S/c1-2-8-16-12(19)7-6-11-17-14(20)13-9-4-3-5-10(9)21-15(13)18-11/h2-8H2,1H3,(H,16,19)(H,17,18,20). The number of carbonyl (C=O) groups is 1. The van der Waals surface area contributed by atoms with Crippen LogP contribution >= 0.6 is 11.3 Å². The molecule has 0 unspecified atom stereocenters. The van der Waals surface area contributed by atoms with E-state index in [0.29, 0.717) is 25.2 Å². The van der Waals surface area contributed by atoms with Crippen molar-refractivity contribution < 1.29 is 4.79 Å². The molecule has 21 heavy (non-hydrogen) atoms.